The molecular formula is C19H14F3N5O2. The van der Waals surface area contributed by atoms with Crippen LogP contribution in [0.3, 0.4) is 0 Å². The van der Waals surface area contributed by atoms with Crippen molar-refractivity contribution in [1.82, 2.24) is 24.7 Å². The first-order chi connectivity index (χ1) is 14.0. The van der Waals surface area contributed by atoms with Gasteiger partial charge in [0.05, 0.1) is 37.9 Å². The van der Waals surface area contributed by atoms with Crippen molar-refractivity contribution in [1.29, 1.82) is 0 Å². The predicted octanol–water partition coefficient (Wildman–Crippen LogP) is 3.69. The Morgan fingerprint density at radius 1 is 1.10 bits per heavy atom. The molecule has 0 saturated carbocycles. The molecule has 29 heavy (non-hydrogen) atoms. The predicted molar refractivity (Wildman–Crippen MR) is 97.2 cm³/mol. The highest BCUT2D eigenvalue weighted by Crippen LogP contribution is 2.27. The second kappa shape index (κ2) is 7.74. The molecule has 0 N–H and O–H groups in total. The number of hydrogen-bond donors (Lipinski definition) is 0. The van der Waals surface area contributed by atoms with E-state index in [1.165, 1.54) is 12.3 Å². The Labute approximate surface area is 162 Å². The van der Waals surface area contributed by atoms with Crippen molar-refractivity contribution < 1.29 is 22.6 Å². The molecule has 148 valence electrons. The molecule has 0 radical (unpaired) electrons. The number of methoxy groups -OCH3 is 1. The fraction of sp³-hybridized carbons (Fsp3) is 0.158. The Morgan fingerprint density at radius 2 is 1.97 bits per heavy atom. The highest BCUT2D eigenvalue weighted by atomic mass is 19.3. The SMILES string of the molecule is COc1cncc(Cn2ncc3ncc(-c4ccc(F)c(OC(F)F)c4)nc32)c1. The molecule has 0 aliphatic carbocycles. The van der Waals surface area contributed by atoms with Gasteiger partial charge in [-0.25, -0.2) is 19.0 Å². The van der Waals surface area contributed by atoms with Gasteiger partial charge >= 0.3 is 6.61 Å². The van der Waals surface area contributed by atoms with Crippen LogP contribution in [0.1, 0.15) is 5.56 Å². The molecule has 4 aromatic rings. The average Bonchev–Trinajstić information content (AvgIpc) is 3.11. The van der Waals surface area contributed by atoms with E-state index in [0.717, 1.165) is 17.7 Å². The summed E-state index contributed by atoms with van der Waals surface area (Å²) in [5.74, 6) is -0.836. The summed E-state index contributed by atoms with van der Waals surface area (Å²) >= 11 is 0. The average molecular weight is 401 g/mol. The summed E-state index contributed by atoms with van der Waals surface area (Å²) in [6, 6.07) is 5.43. The lowest BCUT2D eigenvalue weighted by molar-refractivity contribution is -0.0521. The van der Waals surface area contributed by atoms with E-state index >= 15 is 0 Å². The third kappa shape index (κ3) is 3.96. The lowest BCUT2D eigenvalue weighted by Gasteiger charge is -2.08. The number of hydrogen-bond acceptors (Lipinski definition) is 6. The third-order valence-corrected chi connectivity index (χ3v) is 4.13. The van der Waals surface area contributed by atoms with E-state index in [2.05, 4.69) is 24.8 Å². The summed E-state index contributed by atoms with van der Waals surface area (Å²) in [6.07, 6.45) is 6.30. The number of benzene rings is 1. The maximum Gasteiger partial charge on any atom is 0.387 e. The largest absolute Gasteiger partial charge is 0.495 e. The fourth-order valence-corrected chi connectivity index (χ4v) is 2.79. The molecule has 0 saturated heterocycles. The molecule has 0 aliphatic rings. The minimum atomic E-state index is -3.13. The van der Waals surface area contributed by atoms with Gasteiger partial charge in [-0.2, -0.15) is 13.9 Å². The minimum absolute atomic E-state index is 0.363. The Balaban J connectivity index is 1.70. The van der Waals surface area contributed by atoms with Crippen LogP contribution in [0, 0.1) is 5.82 Å². The van der Waals surface area contributed by atoms with E-state index in [-0.39, 0.29) is 0 Å². The summed E-state index contributed by atoms with van der Waals surface area (Å²) in [7, 11) is 1.55. The Morgan fingerprint density at radius 3 is 2.76 bits per heavy atom. The van der Waals surface area contributed by atoms with Crippen LogP contribution in [0.25, 0.3) is 22.4 Å². The summed E-state index contributed by atoms with van der Waals surface area (Å²) in [6.45, 7) is -2.76. The lowest BCUT2D eigenvalue weighted by Crippen LogP contribution is -2.05. The number of aromatic nitrogens is 5. The van der Waals surface area contributed by atoms with Gasteiger partial charge in [-0.3, -0.25) is 4.98 Å². The van der Waals surface area contributed by atoms with Crippen LogP contribution >= 0.6 is 0 Å². The number of fused-ring (bicyclic) bond motifs is 1. The second-order valence-electron chi connectivity index (χ2n) is 6.02. The number of halogens is 3. The number of alkyl halides is 2. The molecule has 3 aromatic heterocycles. The molecule has 0 bridgehead atoms. The fourth-order valence-electron chi connectivity index (χ4n) is 2.79. The van der Waals surface area contributed by atoms with Gasteiger partial charge in [0.1, 0.15) is 11.3 Å². The molecule has 0 amide bonds. The van der Waals surface area contributed by atoms with Crippen molar-refractivity contribution in [3.05, 3.63) is 60.4 Å². The molecule has 4 rings (SSSR count). The van der Waals surface area contributed by atoms with Crippen molar-refractivity contribution in [3.63, 3.8) is 0 Å². The Hall–Kier alpha value is -3.69. The van der Waals surface area contributed by atoms with Crippen molar-refractivity contribution in [2.75, 3.05) is 7.11 Å². The van der Waals surface area contributed by atoms with Crippen molar-refractivity contribution in [2.45, 2.75) is 13.2 Å². The van der Waals surface area contributed by atoms with Crippen molar-refractivity contribution in [3.8, 4) is 22.8 Å². The first kappa shape index (κ1) is 18.7. The van der Waals surface area contributed by atoms with Gasteiger partial charge in [0.15, 0.2) is 17.2 Å². The van der Waals surface area contributed by atoms with Gasteiger partial charge in [-0.15, -0.1) is 0 Å². The van der Waals surface area contributed by atoms with Crippen LogP contribution in [-0.2, 0) is 6.54 Å². The molecular weight excluding hydrogens is 387 g/mol. The van der Waals surface area contributed by atoms with E-state index in [1.54, 1.807) is 30.4 Å². The quantitative estimate of drug-likeness (QED) is 0.491. The topological polar surface area (TPSA) is 75.0 Å². The van der Waals surface area contributed by atoms with Crippen LogP contribution < -0.4 is 9.47 Å². The third-order valence-electron chi connectivity index (χ3n) is 4.13. The van der Waals surface area contributed by atoms with Crippen LogP contribution in [0.15, 0.2) is 49.1 Å². The first-order valence-corrected chi connectivity index (χ1v) is 8.44. The van der Waals surface area contributed by atoms with Gasteiger partial charge in [0.25, 0.3) is 0 Å². The number of pyridine rings is 1. The molecule has 0 fully saturated rings. The zero-order chi connectivity index (χ0) is 20.4. The normalized spacial score (nSPS) is 11.2. The molecule has 0 aliphatic heterocycles. The van der Waals surface area contributed by atoms with E-state index < -0.39 is 18.2 Å². The second-order valence-corrected chi connectivity index (χ2v) is 6.02. The van der Waals surface area contributed by atoms with E-state index in [1.807, 2.05) is 6.07 Å². The Kier molecular flexibility index (Phi) is 4.98. The maximum absolute atomic E-state index is 13.7. The van der Waals surface area contributed by atoms with Crippen LogP contribution in [0.4, 0.5) is 13.2 Å². The van der Waals surface area contributed by atoms with Crippen LogP contribution in [0.2, 0.25) is 0 Å². The number of ether oxygens (including phenoxy) is 2. The molecule has 0 atom stereocenters. The van der Waals surface area contributed by atoms with Gasteiger partial charge in [0.2, 0.25) is 0 Å². The molecule has 7 nitrogen and oxygen atoms in total. The van der Waals surface area contributed by atoms with E-state index in [9.17, 15) is 13.2 Å². The highest BCUT2D eigenvalue weighted by Gasteiger charge is 2.14. The number of rotatable bonds is 6. The van der Waals surface area contributed by atoms with Crippen LogP contribution in [0.5, 0.6) is 11.5 Å². The molecule has 1 aromatic carbocycles. The van der Waals surface area contributed by atoms with Crippen molar-refractivity contribution in [2.24, 2.45) is 0 Å². The summed E-state index contributed by atoms with van der Waals surface area (Å²) in [5.41, 5.74) is 2.62. The van der Waals surface area contributed by atoms with E-state index in [4.69, 9.17) is 4.74 Å². The highest BCUT2D eigenvalue weighted by molar-refractivity contribution is 5.73. The van der Waals surface area contributed by atoms with Gasteiger partial charge in [-0.05, 0) is 29.8 Å². The molecule has 3 heterocycles. The summed E-state index contributed by atoms with van der Waals surface area (Å²) < 4.78 is 49.6. The molecule has 0 unspecified atom stereocenters. The first-order valence-electron chi connectivity index (χ1n) is 8.44. The Bertz CT molecular complexity index is 1170. The minimum Gasteiger partial charge on any atom is -0.495 e. The van der Waals surface area contributed by atoms with E-state index in [0.29, 0.717) is 34.7 Å². The van der Waals surface area contributed by atoms with Crippen molar-refractivity contribution >= 4 is 11.2 Å². The lowest BCUT2D eigenvalue weighted by atomic mass is 10.1. The standard InChI is InChI=1S/C19H14F3N5O2/c1-28-13-4-11(6-23-7-13)10-27-18-16(9-25-27)24-8-15(26-18)12-2-3-14(20)17(5-12)29-19(21)22/h2-9,19H,10H2,1H3. The van der Waals surface area contributed by atoms with Gasteiger partial charge < -0.3 is 9.47 Å². The maximum atomic E-state index is 13.7. The van der Waals surface area contributed by atoms with Gasteiger partial charge in [0, 0.05) is 11.8 Å². The monoisotopic (exact) mass is 401 g/mol. The summed E-state index contributed by atoms with van der Waals surface area (Å²) in [5, 5.41) is 4.29. The molecule has 10 heteroatoms. The number of nitrogens with zero attached hydrogens (tertiary/aromatic N) is 5. The smallest absolute Gasteiger partial charge is 0.387 e. The zero-order valence-corrected chi connectivity index (χ0v) is 15.1. The molecule has 0 spiro atoms. The van der Waals surface area contributed by atoms with Gasteiger partial charge in [-0.1, -0.05) is 0 Å². The van der Waals surface area contributed by atoms with Crippen LogP contribution in [-0.4, -0.2) is 38.5 Å². The zero-order valence-electron chi connectivity index (χ0n) is 15.1. The summed E-state index contributed by atoms with van der Waals surface area (Å²) in [4.78, 5) is 12.9.